The fourth-order valence-corrected chi connectivity index (χ4v) is 1.69. The molecular formula is C12H24N2O3. The Balaban J connectivity index is 4.89. The zero-order valence-electron chi connectivity index (χ0n) is 11.1. The van der Waals surface area contributed by atoms with Crippen LogP contribution in [0.1, 0.15) is 34.1 Å². The maximum atomic E-state index is 12.2. The number of nitrogens with zero attached hydrogens (tertiary/aromatic N) is 1. The van der Waals surface area contributed by atoms with Gasteiger partial charge in [-0.05, 0) is 19.3 Å². The lowest BCUT2D eigenvalue weighted by Gasteiger charge is -2.31. The van der Waals surface area contributed by atoms with Crippen LogP contribution >= 0.6 is 0 Å². The van der Waals surface area contributed by atoms with Crippen molar-refractivity contribution >= 4 is 11.9 Å². The van der Waals surface area contributed by atoms with Gasteiger partial charge in [0.05, 0.1) is 5.92 Å². The van der Waals surface area contributed by atoms with Gasteiger partial charge in [0.15, 0.2) is 0 Å². The van der Waals surface area contributed by atoms with Crippen LogP contribution in [-0.2, 0) is 9.59 Å². The first-order valence-electron chi connectivity index (χ1n) is 6.07. The van der Waals surface area contributed by atoms with Crippen molar-refractivity contribution in [1.82, 2.24) is 4.90 Å². The maximum absolute atomic E-state index is 12.2. The van der Waals surface area contributed by atoms with Crippen LogP contribution < -0.4 is 5.73 Å². The summed E-state index contributed by atoms with van der Waals surface area (Å²) in [5, 5.41) is 8.85. The molecular weight excluding hydrogens is 220 g/mol. The van der Waals surface area contributed by atoms with Crippen molar-refractivity contribution in [1.29, 1.82) is 0 Å². The third-order valence-electron chi connectivity index (χ3n) is 3.09. The summed E-state index contributed by atoms with van der Waals surface area (Å²) in [6.07, 6.45) is 0.731. The normalized spacial score (nSPS) is 14.5. The zero-order chi connectivity index (χ0) is 13.6. The number of rotatable bonds is 7. The number of amides is 1. The Morgan fingerprint density at radius 2 is 1.82 bits per heavy atom. The van der Waals surface area contributed by atoms with E-state index in [0.29, 0.717) is 0 Å². The van der Waals surface area contributed by atoms with Crippen LogP contribution in [0.2, 0.25) is 0 Å². The highest BCUT2D eigenvalue weighted by Crippen LogP contribution is 2.16. The minimum absolute atomic E-state index is 0.0774. The van der Waals surface area contributed by atoms with Gasteiger partial charge in [-0.3, -0.25) is 9.59 Å². The summed E-state index contributed by atoms with van der Waals surface area (Å²) in [7, 11) is 0. The molecule has 0 aromatic rings. The minimum atomic E-state index is -0.988. The van der Waals surface area contributed by atoms with Gasteiger partial charge in [0, 0.05) is 12.6 Å². The van der Waals surface area contributed by atoms with E-state index in [1.807, 2.05) is 27.7 Å². The SMILES string of the molecule is CCC(C)N(CC(=O)O)C(=O)C(CN)C(C)C. The van der Waals surface area contributed by atoms with Crippen LogP contribution in [0.3, 0.4) is 0 Å². The third-order valence-corrected chi connectivity index (χ3v) is 3.09. The molecule has 0 aromatic carbocycles. The Morgan fingerprint density at radius 3 is 2.12 bits per heavy atom. The van der Waals surface area contributed by atoms with Crippen LogP contribution in [0.15, 0.2) is 0 Å². The van der Waals surface area contributed by atoms with Gasteiger partial charge in [-0.1, -0.05) is 20.8 Å². The van der Waals surface area contributed by atoms with E-state index in [9.17, 15) is 9.59 Å². The minimum Gasteiger partial charge on any atom is -0.480 e. The standard InChI is InChI=1S/C12H24N2O3/c1-5-9(4)14(7-11(15)16)12(17)10(6-13)8(2)3/h8-10H,5-7,13H2,1-4H3,(H,15,16). The summed E-state index contributed by atoms with van der Waals surface area (Å²) in [5.41, 5.74) is 5.59. The second kappa shape index (κ2) is 7.27. The van der Waals surface area contributed by atoms with Crippen LogP contribution in [0, 0.1) is 11.8 Å². The molecule has 0 radical (unpaired) electrons. The van der Waals surface area contributed by atoms with E-state index in [4.69, 9.17) is 10.8 Å². The Labute approximate surface area is 103 Å². The Bertz CT molecular complexity index is 266. The molecule has 0 aromatic heterocycles. The van der Waals surface area contributed by atoms with E-state index in [-0.39, 0.29) is 36.9 Å². The lowest BCUT2D eigenvalue weighted by molar-refractivity contribution is -0.148. The van der Waals surface area contributed by atoms with Crippen molar-refractivity contribution in [2.24, 2.45) is 17.6 Å². The summed E-state index contributed by atoms with van der Waals surface area (Å²) < 4.78 is 0. The van der Waals surface area contributed by atoms with Gasteiger partial charge in [-0.15, -0.1) is 0 Å². The number of carboxylic acids is 1. The molecule has 5 heteroatoms. The molecule has 5 nitrogen and oxygen atoms in total. The number of hydrogen-bond donors (Lipinski definition) is 2. The van der Waals surface area contributed by atoms with Crippen molar-refractivity contribution in [3.8, 4) is 0 Å². The van der Waals surface area contributed by atoms with Crippen molar-refractivity contribution < 1.29 is 14.7 Å². The molecule has 1 amide bonds. The van der Waals surface area contributed by atoms with Gasteiger partial charge in [0.25, 0.3) is 0 Å². The van der Waals surface area contributed by atoms with Crippen LogP contribution in [0.4, 0.5) is 0 Å². The van der Waals surface area contributed by atoms with Crippen molar-refractivity contribution in [2.45, 2.75) is 40.2 Å². The second-order valence-corrected chi connectivity index (χ2v) is 4.70. The molecule has 0 aliphatic heterocycles. The zero-order valence-corrected chi connectivity index (χ0v) is 11.1. The summed E-state index contributed by atoms with van der Waals surface area (Å²) in [4.78, 5) is 24.4. The van der Waals surface area contributed by atoms with E-state index in [1.54, 1.807) is 0 Å². The van der Waals surface area contributed by atoms with E-state index in [1.165, 1.54) is 4.90 Å². The molecule has 0 heterocycles. The molecule has 0 saturated carbocycles. The van der Waals surface area contributed by atoms with E-state index in [2.05, 4.69) is 0 Å². The first-order chi connectivity index (χ1) is 7.84. The Morgan fingerprint density at radius 1 is 1.29 bits per heavy atom. The van der Waals surface area contributed by atoms with Gasteiger partial charge < -0.3 is 15.7 Å². The molecule has 2 atom stereocenters. The largest absolute Gasteiger partial charge is 0.480 e. The van der Waals surface area contributed by atoms with Crippen LogP contribution in [-0.4, -0.2) is 41.0 Å². The van der Waals surface area contributed by atoms with E-state index in [0.717, 1.165) is 6.42 Å². The molecule has 100 valence electrons. The number of hydrogen-bond acceptors (Lipinski definition) is 3. The fourth-order valence-electron chi connectivity index (χ4n) is 1.69. The number of carboxylic acid groups (broad SMARTS) is 1. The fraction of sp³-hybridized carbons (Fsp3) is 0.833. The summed E-state index contributed by atoms with van der Waals surface area (Å²) in [6.45, 7) is 7.63. The topological polar surface area (TPSA) is 83.6 Å². The van der Waals surface area contributed by atoms with Gasteiger partial charge >= 0.3 is 5.97 Å². The average Bonchev–Trinajstić information content (AvgIpc) is 2.24. The first-order valence-corrected chi connectivity index (χ1v) is 6.07. The predicted molar refractivity (Wildman–Crippen MR) is 66.5 cm³/mol. The predicted octanol–water partition coefficient (Wildman–Crippen LogP) is 0.929. The van der Waals surface area contributed by atoms with E-state index < -0.39 is 5.97 Å². The number of nitrogens with two attached hydrogens (primary N) is 1. The number of carbonyl (C=O) groups excluding carboxylic acids is 1. The average molecular weight is 244 g/mol. The summed E-state index contributed by atoms with van der Waals surface area (Å²) in [5.74, 6) is -1.33. The van der Waals surface area contributed by atoms with Crippen molar-refractivity contribution in [2.75, 3.05) is 13.1 Å². The van der Waals surface area contributed by atoms with E-state index >= 15 is 0 Å². The van der Waals surface area contributed by atoms with Crippen LogP contribution in [0.5, 0.6) is 0 Å². The lowest BCUT2D eigenvalue weighted by atomic mass is 9.93. The molecule has 0 saturated heterocycles. The summed E-state index contributed by atoms with van der Waals surface area (Å²) in [6, 6.07) is -0.0774. The van der Waals surface area contributed by atoms with Crippen molar-refractivity contribution in [3.05, 3.63) is 0 Å². The molecule has 0 aliphatic carbocycles. The molecule has 17 heavy (non-hydrogen) atoms. The molecule has 0 spiro atoms. The Hall–Kier alpha value is -1.10. The summed E-state index contributed by atoms with van der Waals surface area (Å²) >= 11 is 0. The smallest absolute Gasteiger partial charge is 0.323 e. The number of aliphatic carboxylic acids is 1. The third kappa shape index (κ3) is 4.73. The van der Waals surface area contributed by atoms with Crippen LogP contribution in [0.25, 0.3) is 0 Å². The van der Waals surface area contributed by atoms with Gasteiger partial charge in [-0.2, -0.15) is 0 Å². The molecule has 2 unspecified atom stereocenters. The molecule has 3 N–H and O–H groups in total. The second-order valence-electron chi connectivity index (χ2n) is 4.70. The molecule has 0 bridgehead atoms. The molecule has 0 aliphatic rings. The molecule has 0 fully saturated rings. The quantitative estimate of drug-likeness (QED) is 0.697. The molecule has 0 rings (SSSR count). The first kappa shape index (κ1) is 15.9. The lowest BCUT2D eigenvalue weighted by Crippen LogP contribution is -2.47. The number of carbonyl (C=O) groups is 2. The monoisotopic (exact) mass is 244 g/mol. The van der Waals surface area contributed by atoms with Gasteiger partial charge in [-0.25, -0.2) is 0 Å². The highest BCUT2D eigenvalue weighted by atomic mass is 16.4. The Kier molecular flexibility index (Phi) is 6.80. The van der Waals surface area contributed by atoms with Crippen molar-refractivity contribution in [3.63, 3.8) is 0 Å². The van der Waals surface area contributed by atoms with Gasteiger partial charge in [0.1, 0.15) is 6.54 Å². The highest BCUT2D eigenvalue weighted by Gasteiger charge is 2.29. The highest BCUT2D eigenvalue weighted by molar-refractivity contribution is 5.83. The van der Waals surface area contributed by atoms with Gasteiger partial charge in [0.2, 0.25) is 5.91 Å². The maximum Gasteiger partial charge on any atom is 0.323 e.